The summed E-state index contributed by atoms with van der Waals surface area (Å²) in [5.74, 6) is 0.803. The predicted molar refractivity (Wildman–Crippen MR) is 81.8 cm³/mol. The summed E-state index contributed by atoms with van der Waals surface area (Å²) < 4.78 is 5.27. The molecule has 0 bridgehead atoms. The minimum Gasteiger partial charge on any atom is -0.461 e. The van der Waals surface area contributed by atoms with Gasteiger partial charge in [0, 0.05) is 24.9 Å². The molecule has 3 heterocycles. The third-order valence-corrected chi connectivity index (χ3v) is 3.87. The van der Waals surface area contributed by atoms with Crippen LogP contribution in [0.3, 0.4) is 0 Å². The zero-order valence-corrected chi connectivity index (χ0v) is 12.2. The van der Waals surface area contributed by atoms with Gasteiger partial charge in [-0.15, -0.1) is 0 Å². The lowest BCUT2D eigenvalue weighted by molar-refractivity contribution is 0.0656. The molecule has 6 nitrogen and oxygen atoms in total. The Bertz CT molecular complexity index is 845. The average molecular weight is 307 g/mol. The number of carbonyl (C=O) groups excluding carboxylic acids is 2. The summed E-state index contributed by atoms with van der Waals surface area (Å²) in [6.45, 7) is 0.312. The van der Waals surface area contributed by atoms with Gasteiger partial charge in [0.1, 0.15) is 0 Å². The van der Waals surface area contributed by atoms with E-state index in [1.54, 1.807) is 42.8 Å². The Morgan fingerprint density at radius 1 is 1.04 bits per heavy atom. The number of H-pyrrole nitrogens is 1. The van der Waals surface area contributed by atoms with Crippen LogP contribution in [0.5, 0.6) is 0 Å². The summed E-state index contributed by atoms with van der Waals surface area (Å²) >= 11 is 0. The number of carbonyl (C=O) groups is 2. The maximum atomic E-state index is 12.3. The number of rotatable bonds is 4. The van der Waals surface area contributed by atoms with E-state index in [9.17, 15) is 9.59 Å². The largest absolute Gasteiger partial charge is 0.461 e. The van der Waals surface area contributed by atoms with Crippen LogP contribution >= 0.6 is 0 Å². The van der Waals surface area contributed by atoms with Gasteiger partial charge in [0.15, 0.2) is 11.6 Å². The van der Waals surface area contributed by atoms with Gasteiger partial charge in [-0.2, -0.15) is 0 Å². The van der Waals surface area contributed by atoms with Crippen molar-refractivity contribution in [2.24, 2.45) is 0 Å². The van der Waals surface area contributed by atoms with Gasteiger partial charge in [0.05, 0.1) is 17.4 Å². The second kappa shape index (κ2) is 5.24. The number of aromatic nitrogens is 2. The molecule has 0 saturated carbocycles. The highest BCUT2D eigenvalue weighted by Gasteiger charge is 2.34. The number of imide groups is 1. The van der Waals surface area contributed by atoms with Crippen LogP contribution in [-0.2, 0) is 6.42 Å². The SMILES string of the molecule is O=C1c2ccccc2C(=O)N1CCc1cnc(-c2ccco2)[nH]1. The molecule has 0 saturated heterocycles. The standard InChI is InChI=1S/C17H13N3O3/c21-16-12-4-1-2-5-13(12)17(22)20(16)8-7-11-10-18-15(19-11)14-6-3-9-23-14/h1-6,9-10H,7-8H2,(H,18,19). The van der Waals surface area contributed by atoms with Crippen LogP contribution in [0.4, 0.5) is 0 Å². The van der Waals surface area contributed by atoms with Crippen molar-refractivity contribution < 1.29 is 14.0 Å². The molecule has 3 aromatic rings. The number of fused-ring (bicyclic) bond motifs is 1. The summed E-state index contributed by atoms with van der Waals surface area (Å²) in [5.41, 5.74) is 1.78. The summed E-state index contributed by atoms with van der Waals surface area (Å²) in [6, 6.07) is 10.5. The number of nitrogens with one attached hydrogen (secondary N) is 1. The molecule has 1 aliphatic rings. The van der Waals surface area contributed by atoms with E-state index in [0.717, 1.165) is 5.69 Å². The van der Waals surface area contributed by atoms with Crippen LogP contribution in [0.25, 0.3) is 11.6 Å². The van der Waals surface area contributed by atoms with E-state index in [1.165, 1.54) is 4.90 Å². The van der Waals surface area contributed by atoms with Crippen molar-refractivity contribution in [1.29, 1.82) is 0 Å². The topological polar surface area (TPSA) is 79.2 Å². The number of imidazole rings is 1. The van der Waals surface area contributed by atoms with Crippen molar-refractivity contribution in [2.75, 3.05) is 6.54 Å². The maximum absolute atomic E-state index is 12.3. The van der Waals surface area contributed by atoms with Gasteiger partial charge < -0.3 is 9.40 Å². The molecule has 0 radical (unpaired) electrons. The second-order valence-corrected chi connectivity index (χ2v) is 5.29. The summed E-state index contributed by atoms with van der Waals surface area (Å²) in [7, 11) is 0. The fourth-order valence-electron chi connectivity index (χ4n) is 2.70. The van der Waals surface area contributed by atoms with E-state index in [4.69, 9.17) is 4.42 Å². The maximum Gasteiger partial charge on any atom is 0.261 e. The van der Waals surface area contributed by atoms with Crippen molar-refractivity contribution in [3.05, 3.63) is 65.7 Å². The van der Waals surface area contributed by atoms with E-state index in [1.807, 2.05) is 6.07 Å². The van der Waals surface area contributed by atoms with Crippen molar-refractivity contribution >= 4 is 11.8 Å². The first-order valence-corrected chi connectivity index (χ1v) is 7.27. The van der Waals surface area contributed by atoms with Gasteiger partial charge in [0.2, 0.25) is 0 Å². The Labute approximate surface area is 131 Å². The van der Waals surface area contributed by atoms with Crippen LogP contribution < -0.4 is 0 Å². The normalized spacial score (nSPS) is 13.7. The van der Waals surface area contributed by atoms with E-state index in [0.29, 0.717) is 35.7 Å². The van der Waals surface area contributed by atoms with E-state index >= 15 is 0 Å². The quantitative estimate of drug-likeness (QED) is 0.751. The molecular weight excluding hydrogens is 294 g/mol. The number of hydrogen-bond acceptors (Lipinski definition) is 4. The van der Waals surface area contributed by atoms with Crippen LogP contribution in [0.1, 0.15) is 26.4 Å². The Balaban J connectivity index is 1.48. The molecule has 0 aliphatic carbocycles. The number of amides is 2. The first-order valence-electron chi connectivity index (χ1n) is 7.27. The first kappa shape index (κ1) is 13.5. The van der Waals surface area contributed by atoms with Crippen molar-refractivity contribution in [2.45, 2.75) is 6.42 Å². The number of benzene rings is 1. The molecule has 0 unspecified atom stereocenters. The van der Waals surface area contributed by atoms with Gasteiger partial charge in [-0.05, 0) is 24.3 Å². The molecule has 2 aromatic heterocycles. The first-order chi connectivity index (χ1) is 11.2. The molecule has 6 heteroatoms. The third kappa shape index (κ3) is 2.24. The molecule has 114 valence electrons. The summed E-state index contributed by atoms with van der Waals surface area (Å²) in [5, 5.41) is 0. The van der Waals surface area contributed by atoms with Gasteiger partial charge >= 0.3 is 0 Å². The van der Waals surface area contributed by atoms with E-state index in [2.05, 4.69) is 9.97 Å². The van der Waals surface area contributed by atoms with E-state index < -0.39 is 0 Å². The fraction of sp³-hybridized carbons (Fsp3) is 0.118. The molecular formula is C17H13N3O3. The van der Waals surface area contributed by atoms with Gasteiger partial charge in [-0.25, -0.2) is 4.98 Å². The van der Waals surface area contributed by atoms with Crippen LogP contribution in [0.15, 0.2) is 53.3 Å². The summed E-state index contributed by atoms with van der Waals surface area (Å²) in [4.78, 5) is 33.2. The molecule has 1 N–H and O–H groups in total. The van der Waals surface area contributed by atoms with Gasteiger partial charge in [-0.3, -0.25) is 14.5 Å². The Morgan fingerprint density at radius 2 is 1.78 bits per heavy atom. The molecule has 0 atom stereocenters. The molecule has 0 spiro atoms. The lowest BCUT2D eigenvalue weighted by Gasteiger charge is -2.12. The zero-order valence-electron chi connectivity index (χ0n) is 12.2. The molecule has 23 heavy (non-hydrogen) atoms. The highest BCUT2D eigenvalue weighted by atomic mass is 16.3. The summed E-state index contributed by atoms with van der Waals surface area (Å²) in [6.07, 6.45) is 3.78. The zero-order chi connectivity index (χ0) is 15.8. The highest BCUT2D eigenvalue weighted by molar-refractivity contribution is 6.21. The third-order valence-electron chi connectivity index (χ3n) is 3.87. The molecule has 1 aromatic carbocycles. The van der Waals surface area contributed by atoms with Crippen molar-refractivity contribution in [1.82, 2.24) is 14.9 Å². The number of furan rings is 1. The van der Waals surface area contributed by atoms with Gasteiger partial charge in [-0.1, -0.05) is 12.1 Å². The Hall–Kier alpha value is -3.15. The number of nitrogens with zero attached hydrogens (tertiary/aromatic N) is 2. The van der Waals surface area contributed by atoms with E-state index in [-0.39, 0.29) is 11.8 Å². The average Bonchev–Trinajstić information content (AvgIpc) is 3.29. The smallest absolute Gasteiger partial charge is 0.261 e. The minimum atomic E-state index is -0.239. The second-order valence-electron chi connectivity index (χ2n) is 5.29. The Kier molecular flexibility index (Phi) is 3.08. The van der Waals surface area contributed by atoms with Crippen LogP contribution in [-0.4, -0.2) is 33.2 Å². The predicted octanol–water partition coefficient (Wildman–Crippen LogP) is 2.51. The van der Waals surface area contributed by atoms with Crippen molar-refractivity contribution in [3.63, 3.8) is 0 Å². The highest BCUT2D eigenvalue weighted by Crippen LogP contribution is 2.23. The molecule has 1 aliphatic heterocycles. The van der Waals surface area contributed by atoms with Crippen LogP contribution in [0, 0.1) is 0 Å². The number of aromatic amines is 1. The monoisotopic (exact) mass is 307 g/mol. The minimum absolute atomic E-state index is 0.239. The van der Waals surface area contributed by atoms with Gasteiger partial charge in [0.25, 0.3) is 11.8 Å². The van der Waals surface area contributed by atoms with Crippen LogP contribution in [0.2, 0.25) is 0 Å². The lowest BCUT2D eigenvalue weighted by Crippen LogP contribution is -2.31. The molecule has 4 rings (SSSR count). The molecule has 2 amide bonds. The Morgan fingerprint density at radius 3 is 2.43 bits per heavy atom. The lowest BCUT2D eigenvalue weighted by atomic mass is 10.1. The fourth-order valence-corrected chi connectivity index (χ4v) is 2.70. The number of hydrogen-bond donors (Lipinski definition) is 1. The van der Waals surface area contributed by atoms with Crippen molar-refractivity contribution in [3.8, 4) is 11.6 Å². The molecule has 0 fully saturated rings.